The summed E-state index contributed by atoms with van der Waals surface area (Å²) in [7, 11) is 0. The van der Waals surface area contributed by atoms with Gasteiger partial charge in [0.15, 0.2) is 3.95 Å². The summed E-state index contributed by atoms with van der Waals surface area (Å²) in [4.78, 5) is 18.6. The maximum absolute atomic E-state index is 12.2. The second kappa shape index (κ2) is 7.92. The number of hydrogen-bond donors (Lipinski definition) is 2. The Morgan fingerprint density at radius 1 is 1.38 bits per heavy atom. The van der Waals surface area contributed by atoms with Crippen LogP contribution in [0.1, 0.15) is 16.1 Å². The number of carbonyl (C=O) groups excluding carboxylic acids is 1. The van der Waals surface area contributed by atoms with Crippen molar-refractivity contribution in [1.82, 2.24) is 10.3 Å². The molecule has 0 bridgehead atoms. The molecule has 1 aliphatic rings. The standard InChI is InChI=1S/C17H21N3O2S2/c1-12-15(24-17(23)19-12)10-16(21)18-11-13-4-2-3-5-14(13)20-6-8-22-9-7-20/h2-5H,6-11H2,1H3,(H,18,21)(H,19,23). The maximum atomic E-state index is 12.2. The van der Waals surface area contributed by atoms with Gasteiger partial charge in [-0.25, -0.2) is 0 Å². The molecule has 1 aromatic carbocycles. The molecule has 1 aromatic heterocycles. The van der Waals surface area contributed by atoms with Crippen molar-refractivity contribution in [3.8, 4) is 0 Å². The van der Waals surface area contributed by atoms with Gasteiger partial charge in [-0.1, -0.05) is 18.2 Å². The van der Waals surface area contributed by atoms with E-state index in [1.807, 2.05) is 19.1 Å². The lowest BCUT2D eigenvalue weighted by molar-refractivity contribution is -0.120. The first-order valence-corrected chi connectivity index (χ1v) is 9.22. The predicted octanol–water partition coefficient (Wildman–Crippen LogP) is 2.81. The van der Waals surface area contributed by atoms with Crippen molar-refractivity contribution in [3.63, 3.8) is 0 Å². The number of rotatable bonds is 5. The van der Waals surface area contributed by atoms with E-state index in [1.54, 1.807) is 0 Å². The Balaban J connectivity index is 1.63. The van der Waals surface area contributed by atoms with E-state index in [0.717, 1.165) is 42.4 Å². The second-order valence-electron chi connectivity index (χ2n) is 5.74. The van der Waals surface area contributed by atoms with Crippen LogP contribution in [0.4, 0.5) is 5.69 Å². The number of aromatic nitrogens is 1. The van der Waals surface area contributed by atoms with Crippen LogP contribution >= 0.6 is 23.6 Å². The molecular formula is C17H21N3O2S2. The summed E-state index contributed by atoms with van der Waals surface area (Å²) in [6.45, 7) is 5.74. The number of thiazole rings is 1. The third kappa shape index (κ3) is 4.23. The normalized spacial score (nSPS) is 14.6. The molecule has 2 N–H and O–H groups in total. The van der Waals surface area contributed by atoms with E-state index < -0.39 is 0 Å². The summed E-state index contributed by atoms with van der Waals surface area (Å²) in [6.07, 6.45) is 0.364. The molecule has 0 saturated carbocycles. The van der Waals surface area contributed by atoms with Gasteiger partial charge in [0.25, 0.3) is 0 Å². The highest BCUT2D eigenvalue weighted by Crippen LogP contribution is 2.21. The van der Waals surface area contributed by atoms with Crippen LogP contribution < -0.4 is 10.2 Å². The molecule has 2 heterocycles. The number of anilines is 1. The molecule has 3 rings (SSSR count). The van der Waals surface area contributed by atoms with Crippen molar-refractivity contribution < 1.29 is 9.53 Å². The highest BCUT2D eigenvalue weighted by molar-refractivity contribution is 7.73. The van der Waals surface area contributed by atoms with Crippen molar-refractivity contribution in [2.45, 2.75) is 19.9 Å². The second-order valence-corrected chi connectivity index (χ2v) is 7.52. The molecule has 5 nitrogen and oxygen atoms in total. The first-order chi connectivity index (χ1) is 11.6. The summed E-state index contributed by atoms with van der Waals surface area (Å²) in [5.74, 6) is 0.0140. The largest absolute Gasteiger partial charge is 0.378 e. The Bertz CT molecular complexity index is 763. The molecule has 1 saturated heterocycles. The summed E-state index contributed by atoms with van der Waals surface area (Å²) < 4.78 is 6.13. The number of para-hydroxylation sites is 1. The van der Waals surface area contributed by atoms with Gasteiger partial charge in [-0.15, -0.1) is 11.3 Å². The number of hydrogen-bond acceptors (Lipinski definition) is 5. The van der Waals surface area contributed by atoms with Crippen molar-refractivity contribution in [3.05, 3.63) is 44.4 Å². The molecule has 0 aliphatic carbocycles. The molecule has 1 fully saturated rings. The summed E-state index contributed by atoms with van der Waals surface area (Å²) in [5.41, 5.74) is 3.29. The fraction of sp³-hybridized carbons (Fsp3) is 0.412. The van der Waals surface area contributed by atoms with Crippen LogP contribution in [0.25, 0.3) is 0 Å². The molecule has 24 heavy (non-hydrogen) atoms. The van der Waals surface area contributed by atoms with E-state index in [0.29, 0.717) is 16.9 Å². The Hall–Kier alpha value is -1.70. The van der Waals surface area contributed by atoms with Gasteiger partial charge in [0.1, 0.15) is 0 Å². The maximum Gasteiger partial charge on any atom is 0.225 e. The van der Waals surface area contributed by atoms with Gasteiger partial charge < -0.3 is 19.9 Å². The highest BCUT2D eigenvalue weighted by atomic mass is 32.1. The highest BCUT2D eigenvalue weighted by Gasteiger charge is 2.15. The average molecular weight is 364 g/mol. The van der Waals surface area contributed by atoms with E-state index in [9.17, 15) is 4.79 Å². The number of nitrogens with one attached hydrogen (secondary N) is 2. The van der Waals surface area contributed by atoms with Crippen LogP contribution in [0, 0.1) is 10.9 Å². The quantitative estimate of drug-likeness (QED) is 0.802. The zero-order valence-corrected chi connectivity index (χ0v) is 15.3. The number of benzene rings is 1. The molecule has 7 heteroatoms. The molecule has 0 atom stereocenters. The monoisotopic (exact) mass is 363 g/mol. The molecule has 128 valence electrons. The zero-order valence-electron chi connectivity index (χ0n) is 13.6. The lowest BCUT2D eigenvalue weighted by Crippen LogP contribution is -2.37. The van der Waals surface area contributed by atoms with E-state index in [4.69, 9.17) is 17.0 Å². The van der Waals surface area contributed by atoms with Gasteiger partial charge in [-0.05, 0) is 30.8 Å². The first kappa shape index (κ1) is 17.1. The number of carbonyl (C=O) groups is 1. The third-order valence-electron chi connectivity index (χ3n) is 4.06. The summed E-state index contributed by atoms with van der Waals surface area (Å²) in [5, 5.41) is 3.03. The minimum atomic E-state index is 0.0140. The van der Waals surface area contributed by atoms with Gasteiger partial charge in [-0.2, -0.15) is 0 Å². The Morgan fingerprint density at radius 2 is 2.12 bits per heavy atom. The van der Waals surface area contributed by atoms with Gasteiger partial charge >= 0.3 is 0 Å². The molecule has 0 radical (unpaired) electrons. The molecule has 0 unspecified atom stereocenters. The summed E-state index contributed by atoms with van der Waals surface area (Å²) >= 11 is 6.59. The van der Waals surface area contributed by atoms with E-state index >= 15 is 0 Å². The number of aromatic amines is 1. The van der Waals surface area contributed by atoms with Crippen LogP contribution in [0.2, 0.25) is 0 Å². The SMILES string of the molecule is Cc1[nH]c(=S)sc1CC(=O)NCc1ccccc1N1CCOCC1. The fourth-order valence-electron chi connectivity index (χ4n) is 2.78. The summed E-state index contributed by atoms with van der Waals surface area (Å²) in [6, 6.07) is 8.21. The minimum absolute atomic E-state index is 0.0140. The number of nitrogens with zero attached hydrogens (tertiary/aromatic N) is 1. The van der Waals surface area contributed by atoms with E-state index in [-0.39, 0.29) is 5.91 Å². The number of ether oxygens (including phenoxy) is 1. The Kier molecular flexibility index (Phi) is 5.65. The number of H-pyrrole nitrogens is 1. The van der Waals surface area contributed by atoms with Gasteiger partial charge in [0, 0.05) is 35.9 Å². The van der Waals surface area contributed by atoms with Crippen molar-refractivity contribution in [2.24, 2.45) is 0 Å². The van der Waals surface area contributed by atoms with Crippen molar-refractivity contribution in [1.29, 1.82) is 0 Å². The van der Waals surface area contributed by atoms with Gasteiger partial charge in [0.2, 0.25) is 5.91 Å². The molecule has 2 aromatic rings. The zero-order chi connectivity index (χ0) is 16.9. The van der Waals surface area contributed by atoms with Crippen molar-refractivity contribution >= 4 is 35.1 Å². The van der Waals surface area contributed by atoms with Gasteiger partial charge in [-0.3, -0.25) is 4.79 Å². The van der Waals surface area contributed by atoms with Crippen LogP contribution in [0.15, 0.2) is 24.3 Å². The smallest absolute Gasteiger partial charge is 0.225 e. The van der Waals surface area contributed by atoms with Crippen molar-refractivity contribution in [2.75, 3.05) is 31.2 Å². The lowest BCUT2D eigenvalue weighted by atomic mass is 10.1. The first-order valence-electron chi connectivity index (χ1n) is 7.99. The number of morpholine rings is 1. The average Bonchev–Trinajstić information content (AvgIpc) is 2.91. The Morgan fingerprint density at radius 3 is 2.83 bits per heavy atom. The van der Waals surface area contributed by atoms with E-state index in [2.05, 4.69) is 27.3 Å². The minimum Gasteiger partial charge on any atom is -0.378 e. The molecule has 1 amide bonds. The van der Waals surface area contributed by atoms with Crippen LogP contribution in [0.5, 0.6) is 0 Å². The van der Waals surface area contributed by atoms with Crippen LogP contribution in [0.3, 0.4) is 0 Å². The predicted molar refractivity (Wildman–Crippen MR) is 99.3 cm³/mol. The van der Waals surface area contributed by atoms with E-state index in [1.165, 1.54) is 17.0 Å². The molecular weight excluding hydrogens is 342 g/mol. The van der Waals surface area contributed by atoms with Gasteiger partial charge in [0.05, 0.1) is 19.6 Å². The van der Waals surface area contributed by atoms with Crippen LogP contribution in [-0.4, -0.2) is 37.2 Å². The Labute approximate surface area is 150 Å². The topological polar surface area (TPSA) is 57.4 Å². The molecule has 0 spiro atoms. The number of amides is 1. The third-order valence-corrected chi connectivity index (χ3v) is 5.40. The molecule has 1 aliphatic heterocycles. The fourth-order valence-corrected chi connectivity index (χ4v) is 4.07. The number of aryl methyl sites for hydroxylation is 1. The lowest BCUT2D eigenvalue weighted by Gasteiger charge is -2.30. The van der Waals surface area contributed by atoms with Crippen LogP contribution in [-0.2, 0) is 22.5 Å².